The van der Waals surface area contributed by atoms with Crippen LogP contribution in [-0.2, 0) is 6.54 Å². The number of aromatic nitrogens is 2. The van der Waals surface area contributed by atoms with Crippen molar-refractivity contribution in [3.05, 3.63) is 58.3 Å². The Bertz CT molecular complexity index is 722. The van der Waals surface area contributed by atoms with Gasteiger partial charge in [-0.2, -0.15) is 0 Å². The Balaban J connectivity index is 1.84. The SMILES string of the molecule is Clc1ccc(Cl)c(NCc2c[nH]c3ncccc23)c1. The summed E-state index contributed by atoms with van der Waals surface area (Å²) >= 11 is 12.1. The average molecular weight is 292 g/mol. The summed E-state index contributed by atoms with van der Waals surface area (Å²) in [7, 11) is 0. The molecule has 0 aliphatic heterocycles. The molecule has 0 saturated carbocycles. The fourth-order valence-electron chi connectivity index (χ4n) is 1.98. The van der Waals surface area contributed by atoms with E-state index in [2.05, 4.69) is 15.3 Å². The van der Waals surface area contributed by atoms with Crippen molar-refractivity contribution in [1.29, 1.82) is 0 Å². The van der Waals surface area contributed by atoms with Gasteiger partial charge in [0.2, 0.25) is 0 Å². The van der Waals surface area contributed by atoms with Gasteiger partial charge in [0.15, 0.2) is 0 Å². The molecule has 1 aromatic carbocycles. The Morgan fingerprint density at radius 1 is 1.21 bits per heavy atom. The third-order valence-electron chi connectivity index (χ3n) is 2.93. The number of hydrogen-bond acceptors (Lipinski definition) is 2. The number of H-pyrrole nitrogens is 1. The minimum absolute atomic E-state index is 0.655. The molecule has 0 amide bonds. The smallest absolute Gasteiger partial charge is 0.137 e. The normalized spacial score (nSPS) is 10.8. The summed E-state index contributed by atoms with van der Waals surface area (Å²) in [6.45, 7) is 0.658. The molecule has 0 saturated heterocycles. The van der Waals surface area contributed by atoms with E-state index in [0.29, 0.717) is 16.6 Å². The largest absolute Gasteiger partial charge is 0.380 e. The van der Waals surface area contributed by atoms with Gasteiger partial charge in [-0.3, -0.25) is 0 Å². The molecule has 3 nitrogen and oxygen atoms in total. The molecule has 0 aliphatic rings. The molecule has 2 aromatic heterocycles. The fraction of sp³-hybridized carbons (Fsp3) is 0.0714. The van der Waals surface area contributed by atoms with Crippen LogP contribution in [0.25, 0.3) is 11.0 Å². The van der Waals surface area contributed by atoms with Crippen LogP contribution in [0, 0.1) is 0 Å². The van der Waals surface area contributed by atoms with E-state index in [4.69, 9.17) is 23.2 Å². The van der Waals surface area contributed by atoms with Crippen molar-refractivity contribution >= 4 is 39.9 Å². The number of fused-ring (bicyclic) bond motifs is 1. The first-order valence-electron chi connectivity index (χ1n) is 5.84. The van der Waals surface area contributed by atoms with Gasteiger partial charge in [0, 0.05) is 29.3 Å². The summed E-state index contributed by atoms with van der Waals surface area (Å²) in [4.78, 5) is 7.40. The van der Waals surface area contributed by atoms with E-state index >= 15 is 0 Å². The highest BCUT2D eigenvalue weighted by Crippen LogP contribution is 2.26. The molecule has 2 N–H and O–H groups in total. The van der Waals surface area contributed by atoms with Gasteiger partial charge in [0.25, 0.3) is 0 Å². The van der Waals surface area contributed by atoms with Gasteiger partial charge in [-0.1, -0.05) is 23.2 Å². The van der Waals surface area contributed by atoms with Gasteiger partial charge in [0.05, 0.1) is 10.7 Å². The standard InChI is InChI=1S/C14H11Cl2N3/c15-10-3-4-12(16)13(6-10)18-7-9-8-19-14-11(9)2-1-5-17-14/h1-6,8,18H,7H2,(H,17,19). The van der Waals surface area contributed by atoms with Gasteiger partial charge in [-0.05, 0) is 35.9 Å². The molecule has 0 radical (unpaired) electrons. The quantitative estimate of drug-likeness (QED) is 0.747. The second-order valence-electron chi connectivity index (χ2n) is 4.19. The predicted molar refractivity (Wildman–Crippen MR) is 79.9 cm³/mol. The first-order chi connectivity index (χ1) is 9.24. The van der Waals surface area contributed by atoms with Crippen LogP contribution in [0.5, 0.6) is 0 Å². The predicted octanol–water partition coefficient (Wildman–Crippen LogP) is 4.48. The number of aromatic amines is 1. The van der Waals surface area contributed by atoms with Gasteiger partial charge in [0.1, 0.15) is 5.65 Å². The van der Waals surface area contributed by atoms with Crippen LogP contribution in [0.2, 0.25) is 10.0 Å². The number of nitrogens with zero attached hydrogens (tertiary/aromatic N) is 1. The van der Waals surface area contributed by atoms with Crippen LogP contribution in [0.1, 0.15) is 5.56 Å². The van der Waals surface area contributed by atoms with Crippen molar-refractivity contribution in [3.8, 4) is 0 Å². The molecular weight excluding hydrogens is 281 g/mol. The molecule has 0 fully saturated rings. The molecule has 3 aromatic rings. The first kappa shape index (κ1) is 12.3. The minimum atomic E-state index is 0.655. The number of anilines is 1. The number of benzene rings is 1. The molecule has 0 unspecified atom stereocenters. The second kappa shape index (κ2) is 5.11. The third kappa shape index (κ3) is 2.53. The summed E-state index contributed by atoms with van der Waals surface area (Å²) in [6, 6.07) is 9.33. The number of halogens is 2. The maximum absolute atomic E-state index is 6.11. The van der Waals surface area contributed by atoms with Crippen LogP contribution in [0.4, 0.5) is 5.69 Å². The van der Waals surface area contributed by atoms with E-state index in [1.54, 1.807) is 18.3 Å². The average Bonchev–Trinajstić information content (AvgIpc) is 2.83. The second-order valence-corrected chi connectivity index (χ2v) is 5.03. The molecule has 19 heavy (non-hydrogen) atoms. The lowest BCUT2D eigenvalue weighted by molar-refractivity contribution is 1.16. The monoisotopic (exact) mass is 291 g/mol. The molecule has 0 atom stereocenters. The van der Waals surface area contributed by atoms with Gasteiger partial charge in [-0.25, -0.2) is 4.98 Å². The molecular formula is C14H11Cl2N3. The molecule has 5 heteroatoms. The van der Waals surface area contributed by atoms with Crippen LogP contribution < -0.4 is 5.32 Å². The van der Waals surface area contributed by atoms with Crippen molar-refractivity contribution in [1.82, 2.24) is 9.97 Å². The molecule has 3 rings (SSSR count). The summed E-state index contributed by atoms with van der Waals surface area (Å²) < 4.78 is 0. The van der Waals surface area contributed by atoms with Crippen LogP contribution in [0.15, 0.2) is 42.7 Å². The maximum Gasteiger partial charge on any atom is 0.137 e. The van der Waals surface area contributed by atoms with E-state index in [-0.39, 0.29) is 0 Å². The lowest BCUT2D eigenvalue weighted by Crippen LogP contribution is -1.99. The Labute approximate surface area is 120 Å². The Morgan fingerprint density at radius 3 is 3.00 bits per heavy atom. The topological polar surface area (TPSA) is 40.7 Å². The zero-order chi connectivity index (χ0) is 13.2. The Morgan fingerprint density at radius 2 is 2.11 bits per heavy atom. The van der Waals surface area contributed by atoms with Crippen molar-refractivity contribution in [2.75, 3.05) is 5.32 Å². The fourth-order valence-corrected chi connectivity index (χ4v) is 2.34. The van der Waals surface area contributed by atoms with Gasteiger partial charge >= 0.3 is 0 Å². The maximum atomic E-state index is 6.11. The van der Waals surface area contributed by atoms with Crippen LogP contribution in [0.3, 0.4) is 0 Å². The van der Waals surface area contributed by atoms with E-state index in [0.717, 1.165) is 22.3 Å². The highest BCUT2D eigenvalue weighted by atomic mass is 35.5. The first-order valence-corrected chi connectivity index (χ1v) is 6.59. The number of nitrogens with one attached hydrogen (secondary N) is 2. The highest BCUT2D eigenvalue weighted by molar-refractivity contribution is 6.35. The zero-order valence-electron chi connectivity index (χ0n) is 9.95. The molecule has 96 valence electrons. The van der Waals surface area contributed by atoms with Crippen LogP contribution >= 0.6 is 23.2 Å². The van der Waals surface area contributed by atoms with Crippen molar-refractivity contribution in [2.24, 2.45) is 0 Å². The number of hydrogen-bond donors (Lipinski definition) is 2. The van der Waals surface area contributed by atoms with Crippen molar-refractivity contribution < 1.29 is 0 Å². The lowest BCUT2D eigenvalue weighted by Gasteiger charge is -2.08. The lowest BCUT2D eigenvalue weighted by atomic mass is 10.2. The van der Waals surface area contributed by atoms with E-state index in [9.17, 15) is 0 Å². The highest BCUT2D eigenvalue weighted by Gasteiger charge is 2.05. The molecule has 0 aliphatic carbocycles. The summed E-state index contributed by atoms with van der Waals surface area (Å²) in [5, 5.41) is 5.70. The van der Waals surface area contributed by atoms with E-state index in [1.807, 2.05) is 24.4 Å². The Hall–Kier alpha value is -1.71. The minimum Gasteiger partial charge on any atom is -0.380 e. The third-order valence-corrected chi connectivity index (χ3v) is 3.50. The van der Waals surface area contributed by atoms with E-state index < -0.39 is 0 Å². The summed E-state index contributed by atoms with van der Waals surface area (Å²) in [5.41, 5.74) is 2.85. The van der Waals surface area contributed by atoms with E-state index in [1.165, 1.54) is 0 Å². The number of rotatable bonds is 3. The molecule has 0 bridgehead atoms. The summed E-state index contributed by atoms with van der Waals surface area (Å²) in [6.07, 6.45) is 3.72. The van der Waals surface area contributed by atoms with Crippen molar-refractivity contribution in [3.63, 3.8) is 0 Å². The zero-order valence-corrected chi connectivity index (χ0v) is 11.5. The van der Waals surface area contributed by atoms with Crippen LogP contribution in [-0.4, -0.2) is 9.97 Å². The molecule has 0 spiro atoms. The van der Waals surface area contributed by atoms with Gasteiger partial charge in [-0.15, -0.1) is 0 Å². The Kier molecular flexibility index (Phi) is 3.32. The van der Waals surface area contributed by atoms with Crippen molar-refractivity contribution in [2.45, 2.75) is 6.54 Å². The summed E-state index contributed by atoms with van der Waals surface area (Å²) in [5.74, 6) is 0. The van der Waals surface area contributed by atoms with Gasteiger partial charge < -0.3 is 10.3 Å². The molecule has 2 heterocycles. The number of pyridine rings is 1.